The minimum Gasteiger partial charge on any atom is -0.309 e. The van der Waals surface area contributed by atoms with Crippen LogP contribution in [0.2, 0.25) is 0 Å². The summed E-state index contributed by atoms with van der Waals surface area (Å²) in [6.07, 6.45) is 5.12. The number of nitrogens with one attached hydrogen (secondary N) is 1. The van der Waals surface area contributed by atoms with Gasteiger partial charge in [-0.25, -0.2) is 0 Å². The van der Waals surface area contributed by atoms with E-state index in [2.05, 4.69) is 45.1 Å². The van der Waals surface area contributed by atoms with E-state index in [4.69, 9.17) is 0 Å². The molecule has 2 heteroatoms. The first-order chi connectivity index (χ1) is 8.17. The topological polar surface area (TPSA) is 12.0 Å². The predicted octanol–water partition coefficient (Wildman–Crippen LogP) is 4.92. The van der Waals surface area contributed by atoms with Crippen molar-refractivity contribution in [1.29, 1.82) is 0 Å². The van der Waals surface area contributed by atoms with Crippen molar-refractivity contribution in [2.24, 2.45) is 5.92 Å². The van der Waals surface area contributed by atoms with Crippen LogP contribution in [0.4, 0.5) is 0 Å². The fourth-order valence-electron chi connectivity index (χ4n) is 2.27. The predicted molar refractivity (Wildman–Crippen MR) is 78.8 cm³/mol. The molecule has 2 unspecified atom stereocenters. The number of hydrogen-bond acceptors (Lipinski definition) is 2. The lowest BCUT2D eigenvalue weighted by atomic mass is 9.96. The zero-order valence-electron chi connectivity index (χ0n) is 11.8. The van der Waals surface area contributed by atoms with Gasteiger partial charge in [-0.2, -0.15) is 0 Å². The molecule has 17 heavy (non-hydrogen) atoms. The van der Waals surface area contributed by atoms with Gasteiger partial charge in [0.25, 0.3) is 0 Å². The van der Waals surface area contributed by atoms with Crippen LogP contribution in [0.1, 0.15) is 62.3 Å². The quantitative estimate of drug-likeness (QED) is 0.693. The third-order valence-corrected chi connectivity index (χ3v) is 4.28. The van der Waals surface area contributed by atoms with E-state index in [1.165, 1.54) is 35.4 Å². The minimum absolute atomic E-state index is 0.565. The first kappa shape index (κ1) is 14.7. The molecular formula is C15H27NS. The van der Waals surface area contributed by atoms with Crippen molar-refractivity contribution >= 4 is 11.3 Å². The van der Waals surface area contributed by atoms with Gasteiger partial charge in [-0.05, 0) is 44.4 Å². The Kier molecular flexibility index (Phi) is 6.83. The largest absolute Gasteiger partial charge is 0.309 e. The van der Waals surface area contributed by atoms with Gasteiger partial charge in [0.15, 0.2) is 0 Å². The average molecular weight is 253 g/mol. The SMILES string of the molecule is CCCNC(CC(C)CCC)c1ccc(C)s1. The Labute approximate surface area is 111 Å². The molecule has 0 bridgehead atoms. The Bertz CT molecular complexity index is 306. The number of thiophene rings is 1. The van der Waals surface area contributed by atoms with E-state index in [-0.39, 0.29) is 0 Å². The molecule has 1 heterocycles. The van der Waals surface area contributed by atoms with Gasteiger partial charge in [-0.1, -0.05) is 33.6 Å². The summed E-state index contributed by atoms with van der Waals surface area (Å²) in [7, 11) is 0. The summed E-state index contributed by atoms with van der Waals surface area (Å²) in [5.74, 6) is 0.816. The lowest BCUT2D eigenvalue weighted by molar-refractivity contribution is 0.394. The summed E-state index contributed by atoms with van der Waals surface area (Å²) in [5.41, 5.74) is 0. The van der Waals surface area contributed by atoms with Crippen LogP contribution in [0, 0.1) is 12.8 Å². The first-order valence-corrected chi connectivity index (χ1v) is 7.78. The smallest absolute Gasteiger partial charge is 0.0417 e. The molecule has 0 aromatic carbocycles. The van der Waals surface area contributed by atoms with Gasteiger partial charge in [0.2, 0.25) is 0 Å². The molecular weight excluding hydrogens is 226 g/mol. The van der Waals surface area contributed by atoms with E-state index >= 15 is 0 Å². The molecule has 1 rings (SSSR count). The van der Waals surface area contributed by atoms with E-state index in [1.54, 1.807) is 0 Å². The Balaban J connectivity index is 2.60. The summed E-state index contributed by atoms with van der Waals surface area (Å²) >= 11 is 1.94. The summed E-state index contributed by atoms with van der Waals surface area (Å²) in [6, 6.07) is 5.10. The van der Waals surface area contributed by atoms with Crippen LogP contribution >= 0.6 is 11.3 Å². The average Bonchev–Trinajstić information content (AvgIpc) is 2.71. The van der Waals surface area contributed by atoms with Gasteiger partial charge in [-0.15, -0.1) is 11.3 Å². The van der Waals surface area contributed by atoms with Crippen LogP contribution in [0.25, 0.3) is 0 Å². The zero-order chi connectivity index (χ0) is 12.7. The second kappa shape index (κ2) is 7.88. The molecule has 1 nitrogen and oxygen atoms in total. The van der Waals surface area contributed by atoms with Gasteiger partial charge >= 0.3 is 0 Å². The molecule has 0 fully saturated rings. The van der Waals surface area contributed by atoms with Crippen LogP contribution in [-0.4, -0.2) is 6.54 Å². The molecule has 0 aliphatic rings. The molecule has 0 radical (unpaired) electrons. The zero-order valence-corrected chi connectivity index (χ0v) is 12.6. The molecule has 0 spiro atoms. The normalized spacial score (nSPS) is 14.8. The molecule has 0 amide bonds. The standard InChI is InChI=1S/C15H27NS/c1-5-7-12(3)11-14(16-10-6-2)15-9-8-13(4)17-15/h8-9,12,14,16H,5-7,10-11H2,1-4H3. The minimum atomic E-state index is 0.565. The fraction of sp³-hybridized carbons (Fsp3) is 0.733. The number of rotatable bonds is 8. The second-order valence-electron chi connectivity index (χ2n) is 5.08. The molecule has 0 saturated heterocycles. The summed E-state index contributed by atoms with van der Waals surface area (Å²) in [5, 5.41) is 3.70. The molecule has 2 atom stereocenters. The van der Waals surface area contributed by atoms with E-state index in [1.807, 2.05) is 11.3 Å². The molecule has 0 aliphatic heterocycles. The Morgan fingerprint density at radius 2 is 2.00 bits per heavy atom. The van der Waals surface area contributed by atoms with E-state index < -0.39 is 0 Å². The van der Waals surface area contributed by atoms with Gasteiger partial charge in [-0.3, -0.25) is 0 Å². The lowest BCUT2D eigenvalue weighted by Crippen LogP contribution is -2.23. The van der Waals surface area contributed by atoms with Crippen molar-refractivity contribution < 1.29 is 0 Å². The van der Waals surface area contributed by atoms with Gasteiger partial charge in [0.05, 0.1) is 0 Å². The maximum absolute atomic E-state index is 3.70. The summed E-state index contributed by atoms with van der Waals surface area (Å²) in [6.45, 7) is 10.2. The van der Waals surface area contributed by atoms with E-state index in [0.29, 0.717) is 6.04 Å². The molecule has 98 valence electrons. The Morgan fingerprint density at radius 3 is 2.53 bits per heavy atom. The second-order valence-corrected chi connectivity index (χ2v) is 6.40. The maximum Gasteiger partial charge on any atom is 0.0417 e. The summed E-state index contributed by atoms with van der Waals surface area (Å²) in [4.78, 5) is 2.94. The Hall–Kier alpha value is -0.340. The van der Waals surface area contributed by atoms with Crippen LogP contribution in [-0.2, 0) is 0 Å². The summed E-state index contributed by atoms with van der Waals surface area (Å²) < 4.78 is 0. The fourth-order valence-corrected chi connectivity index (χ4v) is 3.24. The highest BCUT2D eigenvalue weighted by atomic mass is 32.1. The van der Waals surface area contributed by atoms with Gasteiger partial charge < -0.3 is 5.32 Å². The Morgan fingerprint density at radius 1 is 1.24 bits per heavy atom. The van der Waals surface area contributed by atoms with E-state index in [9.17, 15) is 0 Å². The van der Waals surface area contributed by atoms with Crippen molar-refractivity contribution in [1.82, 2.24) is 5.32 Å². The van der Waals surface area contributed by atoms with Gasteiger partial charge in [0.1, 0.15) is 0 Å². The van der Waals surface area contributed by atoms with Crippen LogP contribution in [0.3, 0.4) is 0 Å². The van der Waals surface area contributed by atoms with Crippen molar-refractivity contribution in [3.05, 3.63) is 21.9 Å². The molecule has 1 aromatic heterocycles. The lowest BCUT2D eigenvalue weighted by Gasteiger charge is -2.21. The highest BCUT2D eigenvalue weighted by Crippen LogP contribution is 2.29. The first-order valence-electron chi connectivity index (χ1n) is 6.97. The molecule has 1 aromatic rings. The van der Waals surface area contributed by atoms with Crippen LogP contribution < -0.4 is 5.32 Å². The van der Waals surface area contributed by atoms with Crippen molar-refractivity contribution in [3.63, 3.8) is 0 Å². The van der Waals surface area contributed by atoms with Crippen molar-refractivity contribution in [2.45, 2.75) is 59.4 Å². The third kappa shape index (κ3) is 5.22. The molecule has 0 aliphatic carbocycles. The maximum atomic E-state index is 3.70. The van der Waals surface area contributed by atoms with Crippen LogP contribution in [0.15, 0.2) is 12.1 Å². The highest BCUT2D eigenvalue weighted by Gasteiger charge is 2.15. The van der Waals surface area contributed by atoms with Gasteiger partial charge in [0, 0.05) is 15.8 Å². The van der Waals surface area contributed by atoms with Crippen molar-refractivity contribution in [3.8, 4) is 0 Å². The molecule has 0 saturated carbocycles. The highest BCUT2D eigenvalue weighted by molar-refractivity contribution is 7.12. The third-order valence-electron chi connectivity index (χ3n) is 3.16. The van der Waals surface area contributed by atoms with Crippen molar-refractivity contribution in [2.75, 3.05) is 6.54 Å². The molecule has 1 N–H and O–H groups in total. The van der Waals surface area contributed by atoms with E-state index in [0.717, 1.165) is 12.5 Å². The monoisotopic (exact) mass is 253 g/mol. The number of hydrogen-bond donors (Lipinski definition) is 1. The number of aryl methyl sites for hydroxylation is 1. The van der Waals surface area contributed by atoms with Crippen LogP contribution in [0.5, 0.6) is 0 Å².